The Morgan fingerprint density at radius 1 is 1.47 bits per heavy atom. The number of ether oxygens (including phenoxy) is 1. The van der Waals surface area contributed by atoms with E-state index >= 15 is 0 Å². The minimum Gasteiger partial charge on any atom is -0.483 e. The summed E-state index contributed by atoms with van der Waals surface area (Å²) in [5.41, 5.74) is 1.03. The molecule has 0 fully saturated rings. The van der Waals surface area contributed by atoms with E-state index in [4.69, 9.17) is 4.74 Å². The average molecular weight is 233 g/mol. The number of aryl methyl sites for hydroxylation is 2. The minimum atomic E-state index is 0.152. The van der Waals surface area contributed by atoms with Crippen molar-refractivity contribution in [3.63, 3.8) is 0 Å². The molecule has 0 N–H and O–H groups in total. The van der Waals surface area contributed by atoms with Crippen LogP contribution in [0.4, 0.5) is 0 Å². The molecule has 2 rings (SSSR count). The standard InChI is InChI=1S/C10H11N5O2/c1-7-3-4-9(8(5-16)11-7)17-6-10-12-14-15(2)13-10/h3-5H,6H2,1-2H3. The third-order valence-electron chi connectivity index (χ3n) is 2.04. The number of aromatic nitrogens is 5. The van der Waals surface area contributed by atoms with Crippen molar-refractivity contribution in [1.29, 1.82) is 0 Å². The highest BCUT2D eigenvalue weighted by Crippen LogP contribution is 2.15. The molecule has 0 atom stereocenters. The van der Waals surface area contributed by atoms with Gasteiger partial charge in [0.05, 0.1) is 7.05 Å². The third kappa shape index (κ3) is 2.63. The highest BCUT2D eigenvalue weighted by atomic mass is 16.5. The first-order valence-electron chi connectivity index (χ1n) is 4.97. The summed E-state index contributed by atoms with van der Waals surface area (Å²) in [7, 11) is 1.67. The quantitative estimate of drug-likeness (QED) is 0.706. The zero-order valence-electron chi connectivity index (χ0n) is 9.49. The van der Waals surface area contributed by atoms with E-state index in [1.54, 1.807) is 26.1 Å². The van der Waals surface area contributed by atoms with Gasteiger partial charge in [-0.05, 0) is 24.3 Å². The highest BCUT2D eigenvalue weighted by Gasteiger charge is 2.07. The molecule has 0 amide bonds. The number of rotatable bonds is 4. The molecule has 17 heavy (non-hydrogen) atoms. The number of nitrogens with zero attached hydrogens (tertiary/aromatic N) is 5. The lowest BCUT2D eigenvalue weighted by molar-refractivity contribution is 0.111. The molecule has 88 valence electrons. The van der Waals surface area contributed by atoms with Crippen LogP contribution in [0.15, 0.2) is 12.1 Å². The lowest BCUT2D eigenvalue weighted by atomic mass is 10.3. The van der Waals surface area contributed by atoms with Crippen LogP contribution in [0.25, 0.3) is 0 Å². The van der Waals surface area contributed by atoms with Gasteiger partial charge in [-0.15, -0.1) is 10.2 Å². The molecule has 0 radical (unpaired) electrons. The molecule has 0 aliphatic rings. The largest absolute Gasteiger partial charge is 0.483 e. The van der Waals surface area contributed by atoms with Gasteiger partial charge in [-0.3, -0.25) is 4.79 Å². The molecule has 0 aromatic carbocycles. The molecule has 0 bridgehead atoms. The van der Waals surface area contributed by atoms with Crippen LogP contribution in [0.1, 0.15) is 22.0 Å². The number of hydrogen-bond acceptors (Lipinski definition) is 6. The summed E-state index contributed by atoms with van der Waals surface area (Å²) >= 11 is 0. The average Bonchev–Trinajstić information content (AvgIpc) is 2.73. The van der Waals surface area contributed by atoms with Gasteiger partial charge in [0.15, 0.2) is 12.9 Å². The van der Waals surface area contributed by atoms with Crippen molar-refractivity contribution in [2.45, 2.75) is 13.5 Å². The molecule has 0 aliphatic carbocycles. The van der Waals surface area contributed by atoms with Crippen molar-refractivity contribution in [3.05, 3.63) is 29.3 Å². The topological polar surface area (TPSA) is 82.8 Å². The fourth-order valence-electron chi connectivity index (χ4n) is 1.29. The smallest absolute Gasteiger partial charge is 0.212 e. The molecule has 7 nitrogen and oxygen atoms in total. The Kier molecular flexibility index (Phi) is 3.08. The highest BCUT2D eigenvalue weighted by molar-refractivity contribution is 5.76. The van der Waals surface area contributed by atoms with Crippen molar-refractivity contribution in [1.82, 2.24) is 25.2 Å². The van der Waals surface area contributed by atoms with E-state index in [-0.39, 0.29) is 12.3 Å². The molecule has 2 heterocycles. The summed E-state index contributed by atoms with van der Waals surface area (Å²) in [6.45, 7) is 1.96. The van der Waals surface area contributed by atoms with Crippen molar-refractivity contribution in [2.24, 2.45) is 7.05 Å². The van der Waals surface area contributed by atoms with E-state index in [0.717, 1.165) is 5.69 Å². The van der Waals surface area contributed by atoms with Gasteiger partial charge in [-0.2, -0.15) is 4.80 Å². The van der Waals surface area contributed by atoms with E-state index in [1.807, 2.05) is 0 Å². The predicted octanol–water partition coefficient (Wildman–Crippen LogP) is 0.305. The van der Waals surface area contributed by atoms with E-state index in [0.29, 0.717) is 17.9 Å². The van der Waals surface area contributed by atoms with Crippen molar-refractivity contribution >= 4 is 6.29 Å². The van der Waals surface area contributed by atoms with Crippen LogP contribution in [0.3, 0.4) is 0 Å². The molecule has 2 aromatic rings. The van der Waals surface area contributed by atoms with Gasteiger partial charge in [0.2, 0.25) is 5.82 Å². The Bertz CT molecular complexity index is 537. The molecule has 0 unspecified atom stereocenters. The molecule has 0 saturated heterocycles. The number of tetrazole rings is 1. The fraction of sp³-hybridized carbons (Fsp3) is 0.300. The summed E-state index contributed by atoms with van der Waals surface area (Å²) in [6, 6.07) is 3.47. The normalized spacial score (nSPS) is 10.2. The van der Waals surface area contributed by atoms with Crippen LogP contribution in [-0.2, 0) is 13.7 Å². The molecular formula is C10H11N5O2. The zero-order valence-corrected chi connectivity index (χ0v) is 9.49. The van der Waals surface area contributed by atoms with E-state index in [9.17, 15) is 4.79 Å². The van der Waals surface area contributed by atoms with Gasteiger partial charge in [0, 0.05) is 5.69 Å². The number of pyridine rings is 1. The molecule has 0 spiro atoms. The van der Waals surface area contributed by atoms with Crippen LogP contribution < -0.4 is 4.74 Å². The second-order valence-electron chi connectivity index (χ2n) is 3.44. The minimum absolute atomic E-state index is 0.152. The SMILES string of the molecule is Cc1ccc(OCc2nnn(C)n2)c(C=O)n1. The van der Waals surface area contributed by atoms with Gasteiger partial charge in [-0.25, -0.2) is 4.98 Å². The number of carbonyl (C=O) groups excluding carboxylic acids is 1. The Labute approximate surface area is 97.4 Å². The molecule has 2 aromatic heterocycles. The van der Waals surface area contributed by atoms with E-state index in [1.165, 1.54) is 4.80 Å². The predicted molar refractivity (Wildman–Crippen MR) is 57.5 cm³/mol. The van der Waals surface area contributed by atoms with E-state index < -0.39 is 0 Å². The van der Waals surface area contributed by atoms with Crippen LogP contribution in [0, 0.1) is 6.92 Å². The van der Waals surface area contributed by atoms with Crippen molar-refractivity contribution < 1.29 is 9.53 Å². The third-order valence-corrected chi connectivity index (χ3v) is 2.04. The monoisotopic (exact) mass is 233 g/mol. The maximum Gasteiger partial charge on any atom is 0.212 e. The Hall–Kier alpha value is -2.31. The Balaban J connectivity index is 2.11. The maximum absolute atomic E-state index is 10.8. The molecule has 7 heteroatoms. The first kappa shape index (κ1) is 11.2. The van der Waals surface area contributed by atoms with Gasteiger partial charge >= 0.3 is 0 Å². The van der Waals surface area contributed by atoms with Crippen molar-refractivity contribution in [3.8, 4) is 5.75 Å². The summed E-state index contributed by atoms with van der Waals surface area (Å²) in [4.78, 5) is 16.2. The number of aldehydes is 1. The number of hydrogen-bond donors (Lipinski definition) is 0. The molecular weight excluding hydrogens is 222 g/mol. The van der Waals surface area contributed by atoms with Crippen molar-refractivity contribution in [2.75, 3.05) is 0 Å². The first-order valence-corrected chi connectivity index (χ1v) is 4.97. The van der Waals surface area contributed by atoms with Crippen LogP contribution >= 0.6 is 0 Å². The Morgan fingerprint density at radius 3 is 2.94 bits per heavy atom. The lowest BCUT2D eigenvalue weighted by Gasteiger charge is -2.05. The van der Waals surface area contributed by atoms with Gasteiger partial charge in [0.25, 0.3) is 0 Å². The second-order valence-corrected chi connectivity index (χ2v) is 3.44. The first-order chi connectivity index (χ1) is 8.19. The fourth-order valence-corrected chi connectivity index (χ4v) is 1.29. The number of carbonyl (C=O) groups is 1. The van der Waals surface area contributed by atoms with Gasteiger partial charge in [0.1, 0.15) is 11.4 Å². The summed E-state index contributed by atoms with van der Waals surface area (Å²) in [5, 5.41) is 11.4. The molecule has 0 saturated carbocycles. The van der Waals surface area contributed by atoms with Crippen LogP contribution in [0.2, 0.25) is 0 Å². The maximum atomic E-state index is 10.8. The van der Waals surface area contributed by atoms with Gasteiger partial charge < -0.3 is 4.74 Å². The Morgan fingerprint density at radius 2 is 2.29 bits per heavy atom. The summed E-state index contributed by atoms with van der Waals surface area (Å²) in [6.07, 6.45) is 0.659. The second kappa shape index (κ2) is 4.69. The lowest BCUT2D eigenvalue weighted by Crippen LogP contribution is -2.02. The zero-order chi connectivity index (χ0) is 12.3. The van der Waals surface area contributed by atoms with Crippen LogP contribution in [-0.4, -0.2) is 31.5 Å². The van der Waals surface area contributed by atoms with Gasteiger partial charge in [-0.1, -0.05) is 0 Å². The van der Waals surface area contributed by atoms with Crippen LogP contribution in [0.5, 0.6) is 5.75 Å². The van der Waals surface area contributed by atoms with E-state index in [2.05, 4.69) is 20.4 Å². The molecule has 0 aliphatic heterocycles. The summed E-state index contributed by atoms with van der Waals surface area (Å²) in [5.74, 6) is 0.864. The summed E-state index contributed by atoms with van der Waals surface area (Å²) < 4.78 is 5.41.